The largest absolute Gasteiger partial charge is 0.465 e. The molecule has 2 aromatic heterocycles. The van der Waals surface area contributed by atoms with Crippen molar-refractivity contribution in [2.45, 2.75) is 32.8 Å². The molecule has 1 aliphatic carbocycles. The van der Waals surface area contributed by atoms with E-state index in [0.29, 0.717) is 12.2 Å². The van der Waals surface area contributed by atoms with Gasteiger partial charge in [0.1, 0.15) is 12.4 Å². The van der Waals surface area contributed by atoms with Gasteiger partial charge in [-0.25, -0.2) is 9.78 Å². The van der Waals surface area contributed by atoms with Crippen molar-refractivity contribution in [3.63, 3.8) is 0 Å². The quantitative estimate of drug-likeness (QED) is 0.452. The molecule has 0 radical (unpaired) electrons. The lowest BCUT2D eigenvalue weighted by Crippen LogP contribution is -2.15. The summed E-state index contributed by atoms with van der Waals surface area (Å²) in [5.41, 5.74) is 4.30. The van der Waals surface area contributed by atoms with E-state index in [4.69, 9.17) is 18.9 Å². The third-order valence-electron chi connectivity index (χ3n) is 4.77. The van der Waals surface area contributed by atoms with Gasteiger partial charge in [0.2, 0.25) is 0 Å². The molecule has 1 aliphatic rings. The highest BCUT2D eigenvalue weighted by Crippen LogP contribution is 2.37. The topological polar surface area (TPSA) is 61.6 Å². The number of pyridine rings is 1. The third-order valence-corrected chi connectivity index (χ3v) is 4.77. The number of rotatable bonds is 6. The zero-order valence-corrected chi connectivity index (χ0v) is 16.1. The summed E-state index contributed by atoms with van der Waals surface area (Å²) in [5, 5.41) is 0.829. The second-order valence-corrected chi connectivity index (χ2v) is 7.07. The number of benzene rings is 1. The summed E-state index contributed by atoms with van der Waals surface area (Å²) < 4.78 is 16.4. The molecule has 144 valence electrons. The average molecular weight is 377 g/mol. The molecule has 4 rings (SSSR count). The molecule has 1 aromatic carbocycles. The van der Waals surface area contributed by atoms with Crippen LogP contribution in [0.4, 0.5) is 0 Å². The van der Waals surface area contributed by atoms with E-state index in [-0.39, 0.29) is 18.7 Å². The highest BCUT2D eigenvalue weighted by molar-refractivity contribution is 6.07. The number of para-hydroxylation sites is 1. The monoisotopic (exact) mass is 377 g/mol. The van der Waals surface area contributed by atoms with Crippen LogP contribution in [0.15, 0.2) is 47.1 Å². The minimum atomic E-state index is -0.318. The number of carbonyl (C=O) groups excluding carboxylic acids is 1. The van der Waals surface area contributed by atoms with Crippen molar-refractivity contribution in [1.29, 1.82) is 0 Å². The van der Waals surface area contributed by atoms with Crippen LogP contribution in [-0.4, -0.2) is 30.3 Å². The Labute approximate surface area is 164 Å². The molecule has 0 N–H and O–H groups in total. The zero-order valence-electron chi connectivity index (χ0n) is 16.1. The number of nitrogens with zero attached hydrogens (tertiary/aromatic N) is 1. The first-order chi connectivity index (χ1) is 13.6. The minimum absolute atomic E-state index is 0.110. The van der Waals surface area contributed by atoms with Crippen LogP contribution in [0.2, 0.25) is 0 Å². The summed E-state index contributed by atoms with van der Waals surface area (Å²) in [6, 6.07) is 11.5. The molecule has 0 atom stereocenters. The highest BCUT2D eigenvalue weighted by atomic mass is 16.6. The van der Waals surface area contributed by atoms with E-state index in [2.05, 4.69) is 0 Å². The molecular formula is C23H23NO4. The van der Waals surface area contributed by atoms with Crippen molar-refractivity contribution in [3.8, 4) is 0 Å². The molecule has 0 aliphatic heterocycles. The van der Waals surface area contributed by atoms with Crippen LogP contribution < -0.4 is 0 Å². The Hall–Kier alpha value is -2.92. The Morgan fingerprint density at radius 2 is 2.04 bits per heavy atom. The molecule has 0 unspecified atom stereocenters. The maximum atomic E-state index is 12.9. The Balaban J connectivity index is 1.71. The number of esters is 1. The van der Waals surface area contributed by atoms with E-state index in [9.17, 15) is 4.79 Å². The van der Waals surface area contributed by atoms with Gasteiger partial charge in [-0.3, -0.25) is 0 Å². The Morgan fingerprint density at radius 3 is 2.82 bits per heavy atom. The normalized spacial score (nSPS) is 14.8. The molecule has 5 nitrogen and oxygen atoms in total. The van der Waals surface area contributed by atoms with Gasteiger partial charge in [-0.05, 0) is 62.1 Å². The molecule has 0 bridgehead atoms. The zero-order chi connectivity index (χ0) is 19.5. The summed E-state index contributed by atoms with van der Waals surface area (Å²) in [6.07, 6.45) is 5.33. The molecule has 2 heterocycles. The number of ether oxygens (including phenoxy) is 2. The summed E-state index contributed by atoms with van der Waals surface area (Å²) in [6.45, 7) is 4.53. The van der Waals surface area contributed by atoms with E-state index in [1.807, 2.05) is 56.3 Å². The van der Waals surface area contributed by atoms with E-state index in [1.54, 1.807) is 6.26 Å². The molecule has 0 spiro atoms. The fourth-order valence-electron chi connectivity index (χ4n) is 3.55. The maximum absolute atomic E-state index is 12.9. The van der Waals surface area contributed by atoms with Crippen molar-refractivity contribution in [2.24, 2.45) is 0 Å². The highest BCUT2D eigenvalue weighted by Gasteiger charge is 2.27. The smallest absolute Gasteiger partial charge is 0.339 e. The standard InChI is InChI=1S/C23H23NO4/c1-15(2)26-12-13-28-23(25)21-18-7-3-4-8-20(18)24-22-16(9-10-19(21)22)14-17-6-5-11-27-17/h3-8,11,14-15H,9-10,12-13H2,1-2H3. The number of allylic oxidation sites excluding steroid dienone is 1. The van der Waals surface area contributed by atoms with E-state index < -0.39 is 0 Å². The van der Waals surface area contributed by atoms with E-state index >= 15 is 0 Å². The van der Waals surface area contributed by atoms with Crippen LogP contribution in [0.1, 0.15) is 47.6 Å². The van der Waals surface area contributed by atoms with Gasteiger partial charge in [0.05, 0.1) is 35.7 Å². The number of aromatic nitrogens is 1. The van der Waals surface area contributed by atoms with Gasteiger partial charge in [0.25, 0.3) is 0 Å². The lowest BCUT2D eigenvalue weighted by molar-refractivity contribution is 0.0177. The molecular weight excluding hydrogens is 354 g/mol. The molecule has 0 fully saturated rings. The van der Waals surface area contributed by atoms with Crippen LogP contribution in [-0.2, 0) is 15.9 Å². The maximum Gasteiger partial charge on any atom is 0.339 e. The number of carbonyl (C=O) groups is 1. The first-order valence-electron chi connectivity index (χ1n) is 9.58. The van der Waals surface area contributed by atoms with Crippen LogP contribution in [0.5, 0.6) is 0 Å². The molecule has 0 amide bonds. The Morgan fingerprint density at radius 1 is 1.18 bits per heavy atom. The summed E-state index contributed by atoms with van der Waals surface area (Å²) in [5.74, 6) is 0.467. The van der Waals surface area contributed by atoms with Crippen molar-refractivity contribution < 1.29 is 18.7 Å². The summed E-state index contributed by atoms with van der Waals surface area (Å²) in [7, 11) is 0. The number of furan rings is 1. The second kappa shape index (κ2) is 7.98. The average Bonchev–Trinajstić information content (AvgIpc) is 3.34. The van der Waals surface area contributed by atoms with Crippen LogP contribution in [0.25, 0.3) is 22.6 Å². The predicted molar refractivity (Wildman–Crippen MR) is 108 cm³/mol. The van der Waals surface area contributed by atoms with Gasteiger partial charge in [0, 0.05) is 5.39 Å². The summed E-state index contributed by atoms with van der Waals surface area (Å²) >= 11 is 0. The van der Waals surface area contributed by atoms with Gasteiger partial charge in [-0.1, -0.05) is 18.2 Å². The molecule has 0 saturated heterocycles. The van der Waals surface area contributed by atoms with Crippen LogP contribution >= 0.6 is 0 Å². The van der Waals surface area contributed by atoms with Crippen LogP contribution in [0.3, 0.4) is 0 Å². The Kier molecular flexibility index (Phi) is 5.26. The van der Waals surface area contributed by atoms with E-state index in [0.717, 1.165) is 46.3 Å². The lowest BCUT2D eigenvalue weighted by atomic mass is 10.0. The van der Waals surface area contributed by atoms with Crippen LogP contribution in [0, 0.1) is 0 Å². The first-order valence-corrected chi connectivity index (χ1v) is 9.58. The number of hydrogen-bond donors (Lipinski definition) is 0. The lowest BCUT2D eigenvalue weighted by Gasteiger charge is -2.13. The number of hydrogen-bond acceptors (Lipinski definition) is 5. The van der Waals surface area contributed by atoms with E-state index in [1.165, 1.54) is 0 Å². The number of fused-ring (bicyclic) bond motifs is 2. The second-order valence-electron chi connectivity index (χ2n) is 7.07. The molecule has 3 aromatic rings. The van der Waals surface area contributed by atoms with Gasteiger partial charge >= 0.3 is 5.97 Å². The van der Waals surface area contributed by atoms with Gasteiger partial charge in [-0.2, -0.15) is 0 Å². The molecule has 5 heteroatoms. The third kappa shape index (κ3) is 3.71. The van der Waals surface area contributed by atoms with Gasteiger partial charge in [0.15, 0.2) is 0 Å². The Bertz CT molecular complexity index is 1020. The van der Waals surface area contributed by atoms with Crippen molar-refractivity contribution in [1.82, 2.24) is 4.98 Å². The van der Waals surface area contributed by atoms with Gasteiger partial charge < -0.3 is 13.9 Å². The fourth-order valence-corrected chi connectivity index (χ4v) is 3.55. The molecule has 28 heavy (non-hydrogen) atoms. The van der Waals surface area contributed by atoms with Crippen molar-refractivity contribution >= 4 is 28.5 Å². The van der Waals surface area contributed by atoms with Crippen molar-refractivity contribution in [3.05, 3.63) is 65.2 Å². The fraction of sp³-hybridized carbons (Fsp3) is 0.304. The first kappa shape index (κ1) is 18.4. The SMILES string of the molecule is CC(C)OCCOC(=O)c1c2c(nc3ccccc13)C(=Cc1ccco1)CC2. The predicted octanol–water partition coefficient (Wildman–Crippen LogP) is 4.90. The molecule has 0 saturated carbocycles. The van der Waals surface area contributed by atoms with Gasteiger partial charge in [-0.15, -0.1) is 0 Å². The van der Waals surface area contributed by atoms with Crippen molar-refractivity contribution in [2.75, 3.05) is 13.2 Å². The minimum Gasteiger partial charge on any atom is -0.465 e. The summed E-state index contributed by atoms with van der Waals surface area (Å²) in [4.78, 5) is 17.8.